The lowest BCUT2D eigenvalue weighted by molar-refractivity contribution is 0.170. The largest absolute Gasteiger partial charge is 0.395 e. The van der Waals surface area contributed by atoms with Gasteiger partial charge in [0.1, 0.15) is 0 Å². The summed E-state index contributed by atoms with van der Waals surface area (Å²) in [5.74, 6) is 0.196. The summed E-state index contributed by atoms with van der Waals surface area (Å²) < 4.78 is 26.7. The molecule has 5 heteroatoms. The summed E-state index contributed by atoms with van der Waals surface area (Å²) in [5, 5.41) is 8.84. The van der Waals surface area contributed by atoms with E-state index in [0.717, 1.165) is 0 Å². The zero-order chi connectivity index (χ0) is 12.7. The van der Waals surface area contributed by atoms with Gasteiger partial charge in [-0.2, -0.15) is 0 Å². The predicted octanol–water partition coefficient (Wildman–Crippen LogP) is 0.967. The van der Waals surface area contributed by atoms with E-state index in [-0.39, 0.29) is 29.9 Å². The van der Waals surface area contributed by atoms with Crippen LogP contribution >= 0.6 is 0 Å². The molecule has 1 rings (SSSR count). The third-order valence-corrected chi connectivity index (χ3v) is 5.61. The quantitative estimate of drug-likeness (QED) is 0.766. The van der Waals surface area contributed by atoms with Crippen molar-refractivity contribution in [3.05, 3.63) is 0 Å². The van der Waals surface area contributed by atoms with E-state index >= 15 is 0 Å². The van der Waals surface area contributed by atoms with E-state index in [1.807, 2.05) is 34.6 Å². The molecule has 0 unspecified atom stereocenters. The molecule has 1 aliphatic heterocycles. The first-order valence-electron chi connectivity index (χ1n) is 5.73. The van der Waals surface area contributed by atoms with Gasteiger partial charge < -0.3 is 5.11 Å². The van der Waals surface area contributed by atoms with Gasteiger partial charge in [0.05, 0.1) is 11.9 Å². The van der Waals surface area contributed by atoms with Crippen LogP contribution in [0, 0.1) is 17.3 Å². The number of sulfonamides is 1. The van der Waals surface area contributed by atoms with E-state index in [9.17, 15) is 13.5 Å². The molecule has 1 heterocycles. The van der Waals surface area contributed by atoms with E-state index in [2.05, 4.69) is 4.72 Å². The van der Waals surface area contributed by atoms with Gasteiger partial charge in [-0.3, -0.25) is 0 Å². The lowest BCUT2D eigenvalue weighted by Gasteiger charge is -2.33. The highest BCUT2D eigenvalue weighted by Crippen LogP contribution is 2.40. The van der Waals surface area contributed by atoms with Crippen LogP contribution in [0.3, 0.4) is 0 Å². The predicted molar refractivity (Wildman–Crippen MR) is 64.5 cm³/mol. The second kappa shape index (κ2) is 4.27. The Morgan fingerprint density at radius 3 is 2.12 bits per heavy atom. The van der Waals surface area contributed by atoms with Crippen molar-refractivity contribution in [1.82, 2.24) is 4.72 Å². The van der Waals surface area contributed by atoms with E-state index in [1.165, 1.54) is 0 Å². The fourth-order valence-corrected chi connectivity index (χ4v) is 5.45. The second-order valence-corrected chi connectivity index (χ2v) is 7.89. The molecule has 0 saturated carbocycles. The Morgan fingerprint density at radius 1 is 1.31 bits per heavy atom. The first-order chi connectivity index (χ1) is 7.11. The minimum Gasteiger partial charge on any atom is -0.395 e. The summed E-state index contributed by atoms with van der Waals surface area (Å²) in [7, 11) is -3.31. The van der Waals surface area contributed by atoms with Gasteiger partial charge in [-0.25, -0.2) is 13.1 Å². The molecular weight excluding hydrogens is 226 g/mol. The van der Waals surface area contributed by atoms with Gasteiger partial charge in [0.25, 0.3) is 0 Å². The molecule has 0 amide bonds. The Hall–Kier alpha value is -0.130. The number of hydrogen-bond acceptors (Lipinski definition) is 3. The highest BCUT2D eigenvalue weighted by molar-refractivity contribution is 7.90. The summed E-state index contributed by atoms with van der Waals surface area (Å²) in [6.07, 6.45) is 0. The highest BCUT2D eigenvalue weighted by Gasteiger charge is 2.52. The summed E-state index contributed by atoms with van der Waals surface area (Å²) in [4.78, 5) is 0. The van der Waals surface area contributed by atoms with Gasteiger partial charge in [0.15, 0.2) is 0 Å². The van der Waals surface area contributed by atoms with Crippen LogP contribution < -0.4 is 4.72 Å². The zero-order valence-electron chi connectivity index (χ0n) is 10.7. The maximum Gasteiger partial charge on any atom is 0.215 e. The zero-order valence-corrected chi connectivity index (χ0v) is 11.5. The van der Waals surface area contributed by atoms with Crippen molar-refractivity contribution in [2.45, 2.75) is 45.9 Å². The highest BCUT2D eigenvalue weighted by atomic mass is 32.2. The third kappa shape index (κ3) is 2.41. The first kappa shape index (κ1) is 13.9. The summed E-state index contributed by atoms with van der Waals surface area (Å²) in [5.41, 5.74) is -0.315. The van der Waals surface area contributed by atoms with Crippen molar-refractivity contribution in [3.8, 4) is 0 Å². The van der Waals surface area contributed by atoms with Crippen LogP contribution in [0.25, 0.3) is 0 Å². The number of aliphatic hydroxyl groups excluding tert-OH is 1. The average molecular weight is 249 g/mol. The second-order valence-electron chi connectivity index (χ2n) is 6.06. The lowest BCUT2D eigenvalue weighted by atomic mass is 9.76. The Labute approximate surface area is 98.5 Å². The Balaban J connectivity index is 3.19. The SMILES string of the molecule is CC(C)[C@@H]1[C@@H](CO)NS(=O)(=O)[C@@H]1C(C)(C)C. The molecule has 4 nitrogen and oxygen atoms in total. The molecule has 96 valence electrons. The van der Waals surface area contributed by atoms with E-state index in [4.69, 9.17) is 0 Å². The van der Waals surface area contributed by atoms with Crippen LogP contribution in [-0.4, -0.2) is 31.4 Å². The fraction of sp³-hybridized carbons (Fsp3) is 1.00. The molecule has 2 N–H and O–H groups in total. The number of hydrogen-bond donors (Lipinski definition) is 2. The minimum atomic E-state index is -3.31. The summed E-state index contributed by atoms with van der Waals surface area (Å²) >= 11 is 0. The van der Waals surface area contributed by atoms with Gasteiger partial charge >= 0.3 is 0 Å². The molecule has 0 bridgehead atoms. The maximum atomic E-state index is 12.1. The van der Waals surface area contributed by atoms with Crippen LogP contribution in [0.4, 0.5) is 0 Å². The Kier molecular flexibility index (Phi) is 3.72. The monoisotopic (exact) mass is 249 g/mol. The number of aliphatic hydroxyl groups is 1. The van der Waals surface area contributed by atoms with Gasteiger partial charge in [-0.1, -0.05) is 34.6 Å². The summed E-state index contributed by atoms with van der Waals surface area (Å²) in [6.45, 7) is 9.70. The molecule has 0 aromatic heterocycles. The third-order valence-electron chi connectivity index (χ3n) is 3.28. The molecule has 3 atom stereocenters. The van der Waals surface area contributed by atoms with E-state index in [1.54, 1.807) is 0 Å². The average Bonchev–Trinajstić information content (AvgIpc) is 2.35. The lowest BCUT2D eigenvalue weighted by Crippen LogP contribution is -2.40. The molecule has 16 heavy (non-hydrogen) atoms. The normalized spacial score (nSPS) is 34.6. The molecule has 0 aliphatic carbocycles. The van der Waals surface area contributed by atoms with Crippen molar-refractivity contribution in [2.24, 2.45) is 17.3 Å². The first-order valence-corrected chi connectivity index (χ1v) is 7.28. The number of rotatable bonds is 2. The van der Waals surface area contributed by atoms with Crippen LogP contribution in [0.5, 0.6) is 0 Å². The van der Waals surface area contributed by atoms with Crippen LogP contribution in [0.2, 0.25) is 0 Å². The molecule has 0 aromatic carbocycles. The van der Waals surface area contributed by atoms with Gasteiger partial charge in [0, 0.05) is 6.04 Å². The smallest absolute Gasteiger partial charge is 0.215 e. The van der Waals surface area contributed by atoms with E-state index in [0.29, 0.717) is 0 Å². The van der Waals surface area contributed by atoms with Crippen LogP contribution in [0.1, 0.15) is 34.6 Å². The summed E-state index contributed by atoms with van der Waals surface area (Å²) in [6, 6.07) is -0.339. The van der Waals surface area contributed by atoms with Crippen LogP contribution in [0.15, 0.2) is 0 Å². The standard InChI is InChI=1S/C11H23NO3S/c1-7(2)9-8(6-13)12-16(14,15)10(9)11(3,4)5/h7-10,12-13H,6H2,1-5H3/t8-,9-,10+/m1/s1. The molecular formula is C11H23NO3S. The molecule has 0 radical (unpaired) electrons. The van der Waals surface area contributed by atoms with Crippen molar-refractivity contribution in [1.29, 1.82) is 0 Å². The van der Waals surface area contributed by atoms with Crippen molar-refractivity contribution in [3.63, 3.8) is 0 Å². The van der Waals surface area contributed by atoms with Crippen molar-refractivity contribution >= 4 is 10.0 Å². The fourth-order valence-electron chi connectivity index (χ4n) is 2.80. The molecule has 0 spiro atoms. The molecule has 1 aliphatic rings. The van der Waals surface area contributed by atoms with E-state index < -0.39 is 15.3 Å². The van der Waals surface area contributed by atoms with Crippen molar-refractivity contribution in [2.75, 3.05) is 6.61 Å². The molecule has 1 saturated heterocycles. The van der Waals surface area contributed by atoms with Gasteiger partial charge in [-0.15, -0.1) is 0 Å². The topological polar surface area (TPSA) is 66.4 Å². The Bertz CT molecular complexity index is 343. The van der Waals surface area contributed by atoms with Gasteiger partial charge in [-0.05, 0) is 17.3 Å². The molecule has 0 aromatic rings. The van der Waals surface area contributed by atoms with Crippen LogP contribution in [-0.2, 0) is 10.0 Å². The van der Waals surface area contributed by atoms with Crippen molar-refractivity contribution < 1.29 is 13.5 Å². The minimum absolute atomic E-state index is 0.0324. The number of nitrogens with one attached hydrogen (secondary N) is 1. The maximum absolute atomic E-state index is 12.1. The molecule has 1 fully saturated rings. The van der Waals surface area contributed by atoms with Gasteiger partial charge in [0.2, 0.25) is 10.0 Å². The Morgan fingerprint density at radius 2 is 1.81 bits per heavy atom.